The first-order chi connectivity index (χ1) is 5.00. The fourth-order valence-electron chi connectivity index (χ4n) is 0.680. The topological polar surface area (TPSA) is 0 Å². The van der Waals surface area contributed by atoms with Crippen LogP contribution in [0.1, 0.15) is 14.3 Å². The van der Waals surface area contributed by atoms with Crippen LogP contribution < -0.4 is 12.4 Å². The summed E-state index contributed by atoms with van der Waals surface area (Å²) in [6.07, 6.45) is 20.0. The molecule has 2 aliphatic rings. The molecule has 0 aliphatic heterocycles. The molecule has 0 aromatic rings. The van der Waals surface area contributed by atoms with Gasteiger partial charge in [-0.25, -0.2) is 24.3 Å². The summed E-state index contributed by atoms with van der Waals surface area (Å²) in [5.41, 5.74) is 0. The average Bonchev–Trinajstić information content (AvgIpc) is 2.67. The monoisotopic (exact) mass is 350 g/mol. The predicted octanol–water partition coefficient (Wildman–Crippen LogP) is -0.275. The summed E-state index contributed by atoms with van der Waals surface area (Å²) < 4.78 is 0. The number of hydrogen-bond acceptors (Lipinski definition) is 0. The van der Waals surface area contributed by atoms with E-state index in [0.717, 1.165) is 12.8 Å². The molecule has 0 radical (unpaired) electrons. The minimum Gasteiger partial charge on any atom is -1.00 e. The summed E-state index contributed by atoms with van der Waals surface area (Å²) >= 11 is 0. The Labute approximate surface area is 96.3 Å². The van der Waals surface area contributed by atoms with Crippen LogP contribution in [0.25, 0.3) is 0 Å². The Balaban J connectivity index is -0.000000125. The van der Waals surface area contributed by atoms with Crippen molar-refractivity contribution in [1.82, 2.24) is 0 Å². The second-order valence-corrected chi connectivity index (χ2v) is 2.01. The molecule has 2 heteroatoms. The standard InChI is InChI=1S/2C5H5.ClH.W.H/c2*1-2-4-5-3-1;;;/h2*1-3H,4H2;1H;;/q2*-1;;+2;-1/p-1. The zero-order valence-electron chi connectivity index (χ0n) is 7.66. The summed E-state index contributed by atoms with van der Waals surface area (Å²) in [7, 11) is 0. The van der Waals surface area contributed by atoms with E-state index < -0.39 is 0 Å². The average molecular weight is 350 g/mol. The van der Waals surface area contributed by atoms with Crippen molar-refractivity contribution in [2.75, 3.05) is 0 Å². The van der Waals surface area contributed by atoms with E-state index in [0.29, 0.717) is 0 Å². The number of halogens is 1. The van der Waals surface area contributed by atoms with Gasteiger partial charge in [-0.2, -0.15) is 12.2 Å². The zero-order valence-corrected chi connectivity index (χ0v) is 10.4. The van der Waals surface area contributed by atoms with Gasteiger partial charge < -0.3 is 13.8 Å². The third kappa shape index (κ3) is 8.04. The number of rotatable bonds is 0. The Morgan fingerprint density at radius 3 is 1.42 bits per heavy atom. The van der Waals surface area contributed by atoms with E-state index in [9.17, 15) is 0 Å². The van der Waals surface area contributed by atoms with Gasteiger partial charge in [0, 0.05) is 0 Å². The molecule has 0 aromatic carbocycles. The fraction of sp³-hybridized carbons (Fsp3) is 0.200. The van der Waals surface area contributed by atoms with Crippen LogP contribution in [0.15, 0.2) is 36.5 Å². The molecule has 0 atom stereocenters. The van der Waals surface area contributed by atoms with Crippen molar-refractivity contribution in [2.45, 2.75) is 12.8 Å². The Morgan fingerprint density at radius 2 is 1.33 bits per heavy atom. The summed E-state index contributed by atoms with van der Waals surface area (Å²) in [5.74, 6) is 0. The van der Waals surface area contributed by atoms with E-state index in [1.54, 1.807) is 0 Å². The van der Waals surface area contributed by atoms with Crippen LogP contribution in [-0.2, 0) is 21.1 Å². The van der Waals surface area contributed by atoms with E-state index in [1.807, 2.05) is 24.3 Å². The van der Waals surface area contributed by atoms with E-state index in [-0.39, 0.29) is 34.9 Å². The molecule has 0 unspecified atom stereocenters. The first-order valence-electron chi connectivity index (χ1n) is 3.43. The third-order valence-corrected chi connectivity index (χ3v) is 1.17. The predicted molar refractivity (Wildman–Crippen MR) is 44.3 cm³/mol. The summed E-state index contributed by atoms with van der Waals surface area (Å²) in [4.78, 5) is 0. The van der Waals surface area contributed by atoms with Gasteiger partial charge in [0.2, 0.25) is 0 Å². The molecule has 0 nitrogen and oxygen atoms in total. The quantitative estimate of drug-likeness (QED) is 0.528. The third-order valence-electron chi connectivity index (χ3n) is 1.17. The molecular weight excluding hydrogens is 339 g/mol. The van der Waals surface area contributed by atoms with Gasteiger partial charge in [-0.1, -0.05) is 0 Å². The van der Waals surface area contributed by atoms with Crippen molar-refractivity contribution in [3.05, 3.63) is 48.6 Å². The normalized spacial score (nSPS) is 14.7. The maximum absolute atomic E-state index is 2.99. The van der Waals surface area contributed by atoms with E-state index in [2.05, 4.69) is 24.3 Å². The van der Waals surface area contributed by atoms with Crippen LogP contribution in [0.5, 0.6) is 0 Å². The van der Waals surface area contributed by atoms with Crippen molar-refractivity contribution in [3.63, 3.8) is 0 Å². The smallest absolute Gasteiger partial charge is 1.00 e. The van der Waals surface area contributed by atoms with Crippen LogP contribution in [-0.4, -0.2) is 0 Å². The molecule has 0 amide bonds. The summed E-state index contributed by atoms with van der Waals surface area (Å²) in [6, 6.07) is 0. The van der Waals surface area contributed by atoms with Crippen LogP contribution in [0, 0.1) is 12.2 Å². The van der Waals surface area contributed by atoms with Gasteiger partial charge in [0.1, 0.15) is 0 Å². The van der Waals surface area contributed by atoms with E-state index in [4.69, 9.17) is 0 Å². The molecule has 0 N–H and O–H groups in total. The van der Waals surface area contributed by atoms with Gasteiger partial charge >= 0.3 is 21.1 Å². The molecule has 0 heterocycles. The van der Waals surface area contributed by atoms with E-state index in [1.165, 1.54) is 0 Å². The van der Waals surface area contributed by atoms with Gasteiger partial charge in [0.25, 0.3) is 0 Å². The molecule has 0 saturated heterocycles. The molecule has 2 rings (SSSR count). The second-order valence-electron chi connectivity index (χ2n) is 2.01. The van der Waals surface area contributed by atoms with Crippen molar-refractivity contribution in [3.8, 4) is 0 Å². The fourth-order valence-corrected chi connectivity index (χ4v) is 0.680. The molecule has 66 valence electrons. The molecule has 2 aliphatic carbocycles. The Kier molecular flexibility index (Phi) is 13.2. The largest absolute Gasteiger partial charge is 2.00 e. The zero-order chi connectivity index (χ0) is 7.07. The molecule has 0 bridgehead atoms. The molecule has 12 heavy (non-hydrogen) atoms. The first-order valence-corrected chi connectivity index (χ1v) is 3.43. The van der Waals surface area contributed by atoms with Crippen LogP contribution in [0.4, 0.5) is 0 Å². The summed E-state index contributed by atoms with van der Waals surface area (Å²) in [5, 5.41) is 0. The van der Waals surface area contributed by atoms with Crippen molar-refractivity contribution in [2.24, 2.45) is 0 Å². The van der Waals surface area contributed by atoms with Crippen LogP contribution >= 0.6 is 0 Å². The maximum atomic E-state index is 2.99. The van der Waals surface area contributed by atoms with Gasteiger partial charge in [-0.15, -0.1) is 12.8 Å². The summed E-state index contributed by atoms with van der Waals surface area (Å²) in [6.45, 7) is 0. The van der Waals surface area contributed by atoms with Crippen molar-refractivity contribution in [1.29, 1.82) is 0 Å². The SMILES string of the molecule is [C-]1=CC=CC1.[C-]1=CC=CC1.[Cl-].[H-].[W+2]. The van der Waals surface area contributed by atoms with Gasteiger partial charge in [-0.05, 0) is 0 Å². The second kappa shape index (κ2) is 10.9. The Hall–Kier alpha value is -0.0617. The van der Waals surface area contributed by atoms with Gasteiger partial charge in [0.05, 0.1) is 0 Å². The molecule has 0 aromatic heterocycles. The molecular formula is C10H11ClW-2. The minimum absolute atomic E-state index is 0. The maximum Gasteiger partial charge on any atom is 2.00 e. The Bertz CT molecular complexity index is 153. The first kappa shape index (κ1) is 14.5. The number of hydrogen-bond donors (Lipinski definition) is 0. The van der Waals surface area contributed by atoms with Crippen molar-refractivity contribution >= 4 is 0 Å². The Morgan fingerprint density at radius 1 is 0.917 bits per heavy atom. The molecule has 0 saturated carbocycles. The van der Waals surface area contributed by atoms with Gasteiger partial charge in [0.15, 0.2) is 0 Å². The molecule has 0 spiro atoms. The number of allylic oxidation sites excluding steroid dienone is 8. The minimum atomic E-state index is 0. The van der Waals surface area contributed by atoms with Crippen LogP contribution in [0.2, 0.25) is 0 Å². The van der Waals surface area contributed by atoms with Crippen LogP contribution in [0.3, 0.4) is 0 Å². The molecule has 0 fully saturated rings. The van der Waals surface area contributed by atoms with E-state index >= 15 is 0 Å². The van der Waals surface area contributed by atoms with Crippen molar-refractivity contribution < 1.29 is 34.9 Å². The van der Waals surface area contributed by atoms with Gasteiger partial charge in [-0.3, -0.25) is 12.2 Å².